The molecule has 0 saturated heterocycles. The average molecular weight is 373 g/mol. The van der Waals surface area contributed by atoms with Gasteiger partial charge in [0.25, 0.3) is 0 Å². The highest BCUT2D eigenvalue weighted by molar-refractivity contribution is 5.93. The van der Waals surface area contributed by atoms with Gasteiger partial charge in [0.15, 0.2) is 0 Å². The highest BCUT2D eigenvalue weighted by Crippen LogP contribution is 2.08. The van der Waals surface area contributed by atoms with Crippen molar-refractivity contribution in [2.75, 3.05) is 6.54 Å². The highest BCUT2D eigenvalue weighted by atomic mass is 16.4. The third-order valence-electron chi connectivity index (χ3n) is 3.67. The Kier molecular flexibility index (Phi) is 9.89. The van der Waals surface area contributed by atoms with Gasteiger partial charge in [-0.15, -0.1) is 0 Å². The Morgan fingerprint density at radius 3 is 2.04 bits per heavy atom. The van der Waals surface area contributed by atoms with E-state index in [-0.39, 0.29) is 5.92 Å². The summed E-state index contributed by atoms with van der Waals surface area (Å²) < 4.78 is 0. The van der Waals surface area contributed by atoms with E-state index < -0.39 is 60.7 Å². The Balaban J connectivity index is 4.78. The zero-order valence-corrected chi connectivity index (χ0v) is 15.1. The summed E-state index contributed by atoms with van der Waals surface area (Å²) in [6, 6.07) is -3.19. The molecule has 11 heteroatoms. The summed E-state index contributed by atoms with van der Waals surface area (Å²) in [6.07, 6.45) is 0.0121. The van der Waals surface area contributed by atoms with Gasteiger partial charge in [-0.1, -0.05) is 20.3 Å². The maximum atomic E-state index is 12.3. The number of nitrogens with two attached hydrogens (primary N) is 2. The lowest BCUT2D eigenvalue weighted by Gasteiger charge is -2.24. The minimum atomic E-state index is -1.49. The van der Waals surface area contributed by atoms with Crippen LogP contribution in [-0.4, -0.2) is 59.4 Å². The summed E-state index contributed by atoms with van der Waals surface area (Å²) in [5.41, 5.74) is 10.4. The topological polar surface area (TPSA) is 194 Å². The van der Waals surface area contributed by atoms with Gasteiger partial charge in [-0.25, -0.2) is 4.79 Å². The molecule has 0 aromatic carbocycles. The van der Waals surface area contributed by atoms with Gasteiger partial charge in [0.2, 0.25) is 23.6 Å². The number of carboxylic acid groups (broad SMARTS) is 1. The van der Waals surface area contributed by atoms with E-state index in [1.165, 1.54) is 6.92 Å². The molecule has 0 aromatic heterocycles. The van der Waals surface area contributed by atoms with E-state index in [0.29, 0.717) is 6.42 Å². The van der Waals surface area contributed by atoms with Crippen LogP contribution in [0.1, 0.15) is 33.6 Å². The maximum Gasteiger partial charge on any atom is 0.326 e. The largest absolute Gasteiger partial charge is 0.480 e. The molecule has 26 heavy (non-hydrogen) atoms. The van der Waals surface area contributed by atoms with Crippen LogP contribution in [0.2, 0.25) is 0 Å². The lowest BCUT2D eigenvalue weighted by molar-refractivity contribution is -0.143. The Morgan fingerprint density at radius 2 is 1.62 bits per heavy atom. The third-order valence-corrected chi connectivity index (χ3v) is 3.67. The average Bonchev–Trinajstić information content (AvgIpc) is 2.55. The number of carboxylic acids is 1. The van der Waals surface area contributed by atoms with Crippen molar-refractivity contribution >= 4 is 29.6 Å². The zero-order chi connectivity index (χ0) is 20.4. The van der Waals surface area contributed by atoms with Crippen molar-refractivity contribution < 1.29 is 29.1 Å². The molecule has 4 amide bonds. The first-order chi connectivity index (χ1) is 12.0. The van der Waals surface area contributed by atoms with Crippen molar-refractivity contribution in [3.8, 4) is 0 Å². The van der Waals surface area contributed by atoms with Crippen LogP contribution in [0.5, 0.6) is 0 Å². The molecule has 0 spiro atoms. The van der Waals surface area contributed by atoms with Crippen LogP contribution >= 0.6 is 0 Å². The molecule has 4 unspecified atom stereocenters. The van der Waals surface area contributed by atoms with Gasteiger partial charge in [-0.05, 0) is 12.8 Å². The molecule has 0 aromatic rings. The van der Waals surface area contributed by atoms with Crippen molar-refractivity contribution in [1.29, 1.82) is 0 Å². The number of hydrogen-bond donors (Lipinski definition) is 6. The molecule has 0 aliphatic heterocycles. The normalized spacial score (nSPS) is 15.1. The second-order valence-electron chi connectivity index (χ2n) is 6.01. The first-order valence-corrected chi connectivity index (χ1v) is 8.13. The van der Waals surface area contributed by atoms with E-state index in [1.807, 2.05) is 6.92 Å². The molecule has 0 radical (unpaired) electrons. The van der Waals surface area contributed by atoms with E-state index in [0.717, 1.165) is 0 Å². The third kappa shape index (κ3) is 8.42. The predicted molar refractivity (Wildman–Crippen MR) is 91.4 cm³/mol. The SMILES string of the molecule is CCC(C)C(NC(=O)C(C)N)C(=O)NCC(=O)NC(CC(N)=O)C(=O)O. The number of carbonyl (C=O) groups is 5. The molecule has 0 heterocycles. The smallest absolute Gasteiger partial charge is 0.326 e. The molecule has 0 bridgehead atoms. The summed E-state index contributed by atoms with van der Waals surface area (Å²) in [6.45, 7) is 4.53. The second kappa shape index (κ2) is 11.0. The first-order valence-electron chi connectivity index (χ1n) is 8.13. The highest BCUT2D eigenvalue weighted by Gasteiger charge is 2.28. The van der Waals surface area contributed by atoms with Crippen LogP contribution in [0.4, 0.5) is 0 Å². The number of hydrogen-bond acceptors (Lipinski definition) is 6. The Bertz CT molecular complexity index is 551. The Labute approximate surface area is 151 Å². The van der Waals surface area contributed by atoms with Crippen molar-refractivity contribution in [1.82, 2.24) is 16.0 Å². The number of carbonyl (C=O) groups excluding carboxylic acids is 4. The minimum absolute atomic E-state index is 0.220. The van der Waals surface area contributed by atoms with Crippen molar-refractivity contribution in [2.45, 2.75) is 51.7 Å². The molecular weight excluding hydrogens is 346 g/mol. The van der Waals surface area contributed by atoms with Gasteiger partial charge >= 0.3 is 5.97 Å². The van der Waals surface area contributed by atoms with Gasteiger partial charge in [0, 0.05) is 0 Å². The second-order valence-corrected chi connectivity index (χ2v) is 6.01. The van der Waals surface area contributed by atoms with Crippen LogP contribution in [0, 0.1) is 5.92 Å². The molecule has 148 valence electrons. The number of rotatable bonds is 11. The van der Waals surface area contributed by atoms with Crippen LogP contribution in [0.3, 0.4) is 0 Å². The maximum absolute atomic E-state index is 12.3. The van der Waals surface area contributed by atoms with Crippen molar-refractivity contribution in [3.05, 3.63) is 0 Å². The predicted octanol–water partition coefficient (Wildman–Crippen LogP) is -2.57. The zero-order valence-electron chi connectivity index (χ0n) is 15.1. The standard InChI is InChI=1S/C15H27N5O6/c1-4-7(2)12(20-13(23)8(3)16)14(24)18-6-11(22)19-9(15(25)26)5-10(17)21/h7-9,12H,4-6,16H2,1-3H3,(H2,17,21)(H,18,24)(H,19,22)(H,20,23)(H,25,26). The fourth-order valence-corrected chi connectivity index (χ4v) is 1.91. The van der Waals surface area contributed by atoms with E-state index >= 15 is 0 Å². The van der Waals surface area contributed by atoms with E-state index in [1.54, 1.807) is 6.92 Å². The van der Waals surface area contributed by atoms with E-state index in [4.69, 9.17) is 16.6 Å². The van der Waals surface area contributed by atoms with Crippen LogP contribution in [0.15, 0.2) is 0 Å². The molecule has 0 saturated carbocycles. The lowest BCUT2D eigenvalue weighted by Crippen LogP contribution is -2.55. The number of aliphatic carboxylic acids is 1. The number of primary amides is 1. The van der Waals surface area contributed by atoms with Crippen LogP contribution in [-0.2, 0) is 24.0 Å². The lowest BCUT2D eigenvalue weighted by atomic mass is 9.98. The summed E-state index contributed by atoms with van der Waals surface area (Å²) in [5, 5.41) is 15.8. The first kappa shape index (κ1) is 23.3. The fourth-order valence-electron chi connectivity index (χ4n) is 1.91. The summed E-state index contributed by atoms with van der Waals surface area (Å²) in [5.74, 6) is -4.47. The summed E-state index contributed by atoms with van der Waals surface area (Å²) in [7, 11) is 0. The summed E-state index contributed by atoms with van der Waals surface area (Å²) in [4.78, 5) is 57.6. The molecule has 0 rings (SSSR count). The molecule has 8 N–H and O–H groups in total. The fraction of sp³-hybridized carbons (Fsp3) is 0.667. The quantitative estimate of drug-likeness (QED) is 0.229. The number of nitrogens with one attached hydrogen (secondary N) is 3. The Hall–Kier alpha value is -2.69. The van der Waals surface area contributed by atoms with Crippen LogP contribution < -0.4 is 27.4 Å². The van der Waals surface area contributed by atoms with Gasteiger partial charge in [-0.2, -0.15) is 0 Å². The molecule has 0 fully saturated rings. The Morgan fingerprint density at radius 1 is 1.04 bits per heavy atom. The van der Waals surface area contributed by atoms with Crippen LogP contribution in [0.25, 0.3) is 0 Å². The van der Waals surface area contributed by atoms with Gasteiger partial charge in [-0.3, -0.25) is 19.2 Å². The number of amides is 4. The van der Waals surface area contributed by atoms with Crippen molar-refractivity contribution in [2.24, 2.45) is 17.4 Å². The summed E-state index contributed by atoms with van der Waals surface area (Å²) >= 11 is 0. The molecule has 0 aliphatic rings. The molecule has 4 atom stereocenters. The van der Waals surface area contributed by atoms with Gasteiger partial charge < -0.3 is 32.5 Å². The van der Waals surface area contributed by atoms with Gasteiger partial charge in [0.1, 0.15) is 12.1 Å². The molecule has 11 nitrogen and oxygen atoms in total. The molecular formula is C15H27N5O6. The van der Waals surface area contributed by atoms with E-state index in [2.05, 4.69) is 16.0 Å². The van der Waals surface area contributed by atoms with Crippen molar-refractivity contribution in [3.63, 3.8) is 0 Å². The minimum Gasteiger partial charge on any atom is -0.480 e. The van der Waals surface area contributed by atoms with Gasteiger partial charge in [0.05, 0.1) is 19.0 Å². The molecule has 0 aliphatic carbocycles. The monoisotopic (exact) mass is 373 g/mol. The van der Waals surface area contributed by atoms with E-state index in [9.17, 15) is 24.0 Å².